The second-order valence-corrected chi connectivity index (χ2v) is 9.02. The standard InChI is InChI=1S/C10H9O7S.C8H6O7S.Na/c1-4-3-5(2)7(10(13)14)8(18(15,16)17)6(4)9(11)12;9-7(10)4-2-1-3-5(8(11)12)6(4)16(13,14)15;/h1-2H3,(H,11,12)(H,13,14)(H,15,16,17);1-3H,(H,9,10)(H,11,12)(H,13,14,15);/q-1;;+1. The molecule has 0 aliphatic heterocycles. The zero-order valence-corrected chi connectivity index (χ0v) is 21.6. The molecule has 0 heterocycles. The summed E-state index contributed by atoms with van der Waals surface area (Å²) in [6, 6.07) is 5.29. The largest absolute Gasteiger partial charge is 1.00 e. The normalized spacial score (nSPS) is 10.9. The first-order valence-electron chi connectivity index (χ1n) is 8.40. The molecular formula is C18H15NaO14S2. The van der Waals surface area contributed by atoms with Gasteiger partial charge < -0.3 is 20.4 Å². The topological polar surface area (TPSA) is 258 Å². The fourth-order valence-corrected chi connectivity index (χ4v) is 4.66. The minimum Gasteiger partial charge on any atom is -0.487 e. The predicted molar refractivity (Wildman–Crippen MR) is 109 cm³/mol. The molecule has 0 aliphatic carbocycles. The Morgan fingerprint density at radius 1 is 0.657 bits per heavy atom. The summed E-state index contributed by atoms with van der Waals surface area (Å²) >= 11 is 0. The van der Waals surface area contributed by atoms with Gasteiger partial charge in [-0.1, -0.05) is 19.9 Å². The third kappa shape index (κ3) is 7.56. The van der Waals surface area contributed by atoms with Crippen molar-refractivity contribution in [3.8, 4) is 0 Å². The summed E-state index contributed by atoms with van der Waals surface area (Å²) in [5, 5.41) is 35.2. The number of hydrogen-bond acceptors (Lipinski definition) is 8. The van der Waals surface area contributed by atoms with Crippen molar-refractivity contribution >= 4 is 44.1 Å². The zero-order chi connectivity index (χ0) is 26.8. The Bertz CT molecular complexity index is 1360. The van der Waals surface area contributed by atoms with Gasteiger partial charge in [0.15, 0.2) is 0 Å². The zero-order valence-electron chi connectivity index (χ0n) is 18.0. The molecule has 35 heavy (non-hydrogen) atoms. The van der Waals surface area contributed by atoms with E-state index in [1.165, 1.54) is 13.8 Å². The molecule has 17 heteroatoms. The molecule has 2 aromatic rings. The predicted octanol–water partition coefficient (Wildman–Crippen LogP) is -1.92. The number of carboxylic acids is 4. The van der Waals surface area contributed by atoms with E-state index >= 15 is 0 Å². The molecule has 14 nitrogen and oxygen atoms in total. The van der Waals surface area contributed by atoms with Crippen molar-refractivity contribution in [3.63, 3.8) is 0 Å². The summed E-state index contributed by atoms with van der Waals surface area (Å²) in [6.45, 7) is 2.52. The van der Waals surface area contributed by atoms with E-state index in [1.54, 1.807) is 0 Å². The Morgan fingerprint density at radius 3 is 1.20 bits per heavy atom. The molecule has 6 N–H and O–H groups in total. The van der Waals surface area contributed by atoms with Crippen LogP contribution in [0.3, 0.4) is 0 Å². The molecule has 0 bridgehead atoms. The Morgan fingerprint density at radius 2 is 0.971 bits per heavy atom. The van der Waals surface area contributed by atoms with E-state index in [9.17, 15) is 36.0 Å². The van der Waals surface area contributed by atoms with Crippen molar-refractivity contribution < 1.29 is 95.1 Å². The minimum atomic E-state index is -4.98. The first kappa shape index (κ1) is 32.1. The number of aromatic carboxylic acids is 4. The first-order chi connectivity index (χ1) is 15.3. The molecule has 0 saturated heterocycles. The molecule has 0 spiro atoms. The Kier molecular flexibility index (Phi) is 10.8. The van der Waals surface area contributed by atoms with Crippen LogP contribution < -0.4 is 29.6 Å². The van der Waals surface area contributed by atoms with Gasteiger partial charge in [0, 0.05) is 4.90 Å². The van der Waals surface area contributed by atoms with Gasteiger partial charge >= 0.3 is 41.5 Å². The van der Waals surface area contributed by atoms with Crippen LogP contribution >= 0.6 is 0 Å². The summed E-state index contributed by atoms with van der Waals surface area (Å²) < 4.78 is 62.1. The van der Waals surface area contributed by atoms with E-state index in [-0.39, 0.29) is 40.7 Å². The van der Waals surface area contributed by atoms with Crippen molar-refractivity contribution in [1.29, 1.82) is 0 Å². The number of carboxylic acid groups (broad SMARTS) is 4. The van der Waals surface area contributed by atoms with Crippen molar-refractivity contribution in [3.05, 3.63) is 57.6 Å². The van der Waals surface area contributed by atoms with E-state index < -0.39 is 76.2 Å². The van der Waals surface area contributed by atoms with E-state index in [0.29, 0.717) is 0 Å². The van der Waals surface area contributed by atoms with E-state index in [2.05, 4.69) is 6.07 Å². The van der Waals surface area contributed by atoms with Gasteiger partial charge in [0.05, 0.1) is 11.1 Å². The van der Waals surface area contributed by atoms with Crippen molar-refractivity contribution in [1.82, 2.24) is 0 Å². The molecule has 0 aromatic heterocycles. The summed E-state index contributed by atoms with van der Waals surface area (Å²) in [4.78, 5) is 41.1. The molecule has 184 valence electrons. The summed E-state index contributed by atoms with van der Waals surface area (Å²) in [7, 11) is -9.90. The van der Waals surface area contributed by atoms with Gasteiger partial charge in [-0.3, -0.25) is 18.7 Å². The summed E-state index contributed by atoms with van der Waals surface area (Å²) in [6.07, 6.45) is 0. The number of carbonyl (C=O) groups is 4. The molecule has 2 rings (SSSR count). The van der Waals surface area contributed by atoms with E-state index in [1.807, 2.05) is 0 Å². The van der Waals surface area contributed by atoms with Gasteiger partial charge in [-0.25, -0.2) is 9.59 Å². The second kappa shape index (κ2) is 11.7. The first-order valence-corrected chi connectivity index (χ1v) is 11.3. The van der Waals surface area contributed by atoms with Gasteiger partial charge in [0.2, 0.25) is 0 Å². The Balaban J connectivity index is 0.000000646. The van der Waals surface area contributed by atoms with Crippen LogP contribution in [-0.2, 0) is 20.2 Å². The van der Waals surface area contributed by atoms with Crippen LogP contribution in [0.1, 0.15) is 52.6 Å². The SMILES string of the molecule is Cc1[c-]c(C)c(C(=O)O)c(S(=O)(=O)O)c1C(=O)O.O=C(O)c1cccc(C(=O)O)c1S(=O)(=O)O.[Na+]. The van der Waals surface area contributed by atoms with Crippen LogP contribution in [-0.4, -0.2) is 70.2 Å². The summed E-state index contributed by atoms with van der Waals surface area (Å²) in [5.74, 6) is -6.59. The molecule has 0 aliphatic rings. The smallest absolute Gasteiger partial charge is 0.487 e. The fourth-order valence-electron chi connectivity index (χ4n) is 2.80. The maximum absolute atomic E-state index is 11.2. The van der Waals surface area contributed by atoms with Gasteiger partial charge in [-0.2, -0.15) is 22.9 Å². The molecule has 0 fully saturated rings. The molecule has 0 unspecified atom stereocenters. The van der Waals surface area contributed by atoms with Crippen LogP contribution in [0.25, 0.3) is 0 Å². The van der Waals surface area contributed by atoms with Gasteiger partial charge in [0.25, 0.3) is 32.2 Å². The Labute approximate surface area is 219 Å². The molecular weight excluding hydrogens is 527 g/mol. The quantitative estimate of drug-likeness (QED) is 0.132. The molecule has 0 amide bonds. The Hall–Kier alpha value is -2.86. The van der Waals surface area contributed by atoms with Crippen LogP contribution in [0, 0.1) is 19.9 Å². The van der Waals surface area contributed by atoms with Crippen LogP contribution in [0.15, 0.2) is 28.0 Å². The monoisotopic (exact) mass is 542 g/mol. The van der Waals surface area contributed by atoms with Crippen molar-refractivity contribution in [2.45, 2.75) is 23.6 Å². The van der Waals surface area contributed by atoms with Crippen molar-refractivity contribution in [2.24, 2.45) is 0 Å². The van der Waals surface area contributed by atoms with Crippen LogP contribution in [0.5, 0.6) is 0 Å². The van der Waals surface area contributed by atoms with Crippen molar-refractivity contribution in [2.75, 3.05) is 0 Å². The maximum Gasteiger partial charge on any atom is 1.00 e. The average Bonchev–Trinajstić information content (AvgIpc) is 2.65. The molecule has 2 aromatic carbocycles. The van der Waals surface area contributed by atoms with Gasteiger partial charge in [-0.05, 0) is 23.3 Å². The van der Waals surface area contributed by atoms with Crippen LogP contribution in [0.2, 0.25) is 0 Å². The number of hydrogen-bond donors (Lipinski definition) is 6. The minimum absolute atomic E-state index is 0. The average molecular weight is 542 g/mol. The second-order valence-electron chi connectivity index (χ2n) is 6.31. The molecule has 0 atom stereocenters. The molecule has 0 saturated carbocycles. The van der Waals surface area contributed by atoms with E-state index in [0.717, 1.165) is 18.2 Å². The number of aryl methyl sites for hydroxylation is 2. The maximum atomic E-state index is 11.2. The van der Waals surface area contributed by atoms with Gasteiger partial charge in [-0.15, -0.1) is 11.1 Å². The number of benzene rings is 2. The molecule has 0 radical (unpaired) electrons. The summed E-state index contributed by atoms with van der Waals surface area (Å²) in [5.41, 5.74) is -3.30. The third-order valence-electron chi connectivity index (χ3n) is 4.00. The fraction of sp³-hybridized carbons (Fsp3) is 0.111. The van der Waals surface area contributed by atoms with Crippen LogP contribution in [0.4, 0.5) is 0 Å². The number of rotatable bonds is 6. The van der Waals surface area contributed by atoms with Gasteiger partial charge in [0.1, 0.15) is 4.90 Å². The third-order valence-corrected chi connectivity index (χ3v) is 5.88. The van der Waals surface area contributed by atoms with E-state index in [4.69, 9.17) is 29.5 Å².